The first-order valence-electron chi connectivity index (χ1n) is 9.63. The molecule has 1 aliphatic heterocycles. The van der Waals surface area contributed by atoms with Crippen LogP contribution in [0, 0.1) is 6.92 Å². The zero-order chi connectivity index (χ0) is 21.1. The van der Waals surface area contributed by atoms with E-state index in [2.05, 4.69) is 21.5 Å². The van der Waals surface area contributed by atoms with E-state index in [1.807, 2.05) is 61.5 Å². The number of rotatable bonds is 6. The molecule has 0 aliphatic carbocycles. The molecule has 30 heavy (non-hydrogen) atoms. The summed E-state index contributed by atoms with van der Waals surface area (Å²) >= 11 is 0. The van der Waals surface area contributed by atoms with Gasteiger partial charge in [0.1, 0.15) is 17.7 Å². The fourth-order valence-electron chi connectivity index (χ4n) is 3.48. The van der Waals surface area contributed by atoms with Crippen LogP contribution in [0.15, 0.2) is 71.9 Å². The maximum atomic E-state index is 11.8. The van der Waals surface area contributed by atoms with Crippen LogP contribution < -0.4 is 20.9 Å². The minimum atomic E-state index is -0.605. The van der Waals surface area contributed by atoms with E-state index in [-0.39, 0.29) is 12.0 Å². The van der Waals surface area contributed by atoms with Crippen molar-refractivity contribution >= 4 is 17.6 Å². The summed E-state index contributed by atoms with van der Waals surface area (Å²) in [5.41, 5.74) is 12.6. The number of aryl methyl sites for hydroxylation is 1. The molecule has 7 heteroatoms. The number of amides is 1. The molecule has 1 unspecified atom stereocenters. The number of aliphatic imine (C=N–C) groups is 1. The van der Waals surface area contributed by atoms with Gasteiger partial charge in [0.2, 0.25) is 5.84 Å². The van der Waals surface area contributed by atoms with E-state index in [4.69, 9.17) is 10.5 Å². The fourth-order valence-corrected chi connectivity index (χ4v) is 3.48. The van der Waals surface area contributed by atoms with Gasteiger partial charge >= 0.3 is 0 Å². The summed E-state index contributed by atoms with van der Waals surface area (Å²) in [6, 6.07) is 19.9. The Morgan fingerprint density at radius 1 is 1.17 bits per heavy atom. The Morgan fingerprint density at radius 3 is 2.70 bits per heavy atom. The number of ether oxygens (including phenoxy) is 1. The SMILES string of the molecule is COc1ccc(C)cc1-c1ccnc(N2NC(C(N)=O)=NC2Cc2ccccc2)c1. The molecule has 0 saturated carbocycles. The molecule has 3 N–H and O–H groups in total. The van der Waals surface area contributed by atoms with Gasteiger partial charge in [-0.3, -0.25) is 10.2 Å². The van der Waals surface area contributed by atoms with Gasteiger partial charge in [0.25, 0.3) is 5.91 Å². The molecule has 0 bridgehead atoms. The number of nitrogens with one attached hydrogen (secondary N) is 1. The van der Waals surface area contributed by atoms with Crippen LogP contribution in [0.25, 0.3) is 11.1 Å². The van der Waals surface area contributed by atoms with Crippen LogP contribution in [0.5, 0.6) is 5.75 Å². The summed E-state index contributed by atoms with van der Waals surface area (Å²) in [6.07, 6.45) is 1.98. The number of carbonyl (C=O) groups excluding carboxylic acids is 1. The number of primary amides is 1. The fraction of sp³-hybridized carbons (Fsp3) is 0.174. The summed E-state index contributed by atoms with van der Waals surface area (Å²) in [5, 5.41) is 1.78. The normalized spacial score (nSPS) is 15.5. The minimum absolute atomic E-state index is 0.122. The molecule has 1 amide bonds. The van der Waals surface area contributed by atoms with Crippen molar-refractivity contribution in [2.45, 2.75) is 19.5 Å². The Hall–Kier alpha value is -3.87. The largest absolute Gasteiger partial charge is 0.496 e. The van der Waals surface area contributed by atoms with Crippen molar-refractivity contribution in [2.75, 3.05) is 12.1 Å². The molecule has 4 rings (SSSR count). The number of benzene rings is 2. The number of pyridine rings is 1. The Bertz CT molecular complexity index is 1100. The van der Waals surface area contributed by atoms with Crippen molar-refractivity contribution in [3.63, 3.8) is 0 Å². The number of nitrogens with two attached hydrogens (primary N) is 1. The van der Waals surface area contributed by atoms with E-state index in [1.165, 1.54) is 0 Å². The number of nitrogens with zero attached hydrogens (tertiary/aromatic N) is 3. The molecule has 2 heterocycles. The Kier molecular flexibility index (Phi) is 5.34. The first-order chi connectivity index (χ1) is 14.5. The molecule has 7 nitrogen and oxygen atoms in total. The monoisotopic (exact) mass is 401 g/mol. The van der Waals surface area contributed by atoms with Crippen LogP contribution in [-0.2, 0) is 11.2 Å². The van der Waals surface area contributed by atoms with Gasteiger partial charge in [-0.15, -0.1) is 0 Å². The van der Waals surface area contributed by atoms with Crippen LogP contribution in [0.1, 0.15) is 11.1 Å². The lowest BCUT2D eigenvalue weighted by Gasteiger charge is -2.24. The number of anilines is 1. The van der Waals surface area contributed by atoms with Gasteiger partial charge < -0.3 is 10.5 Å². The second-order valence-electron chi connectivity index (χ2n) is 7.10. The Morgan fingerprint density at radius 2 is 1.97 bits per heavy atom. The third-order valence-corrected chi connectivity index (χ3v) is 4.96. The molecule has 2 aromatic carbocycles. The summed E-state index contributed by atoms with van der Waals surface area (Å²) in [7, 11) is 1.65. The molecule has 0 spiro atoms. The minimum Gasteiger partial charge on any atom is -0.496 e. The predicted molar refractivity (Wildman–Crippen MR) is 117 cm³/mol. The summed E-state index contributed by atoms with van der Waals surface area (Å²) in [6.45, 7) is 2.04. The zero-order valence-electron chi connectivity index (χ0n) is 16.9. The molecule has 1 aromatic heterocycles. The van der Waals surface area contributed by atoms with Gasteiger partial charge in [-0.05, 0) is 42.3 Å². The van der Waals surface area contributed by atoms with Crippen molar-refractivity contribution in [3.8, 4) is 16.9 Å². The average Bonchev–Trinajstić information content (AvgIpc) is 3.19. The van der Waals surface area contributed by atoms with Crippen LogP contribution in [0.3, 0.4) is 0 Å². The third kappa shape index (κ3) is 3.96. The smallest absolute Gasteiger partial charge is 0.285 e. The highest BCUT2D eigenvalue weighted by Gasteiger charge is 2.30. The van der Waals surface area contributed by atoms with Gasteiger partial charge in [0, 0.05) is 18.2 Å². The summed E-state index contributed by atoms with van der Waals surface area (Å²) in [5.74, 6) is 0.933. The Balaban J connectivity index is 1.69. The standard InChI is InChI=1S/C23H23N5O2/c1-15-8-9-19(30-2)18(12-15)17-10-11-25-20(14-17)28-21(26-23(27-28)22(24)29)13-16-6-4-3-5-7-16/h3-12,14,21H,13H2,1-2H3,(H2,24,29)(H,26,27). The molecular formula is C23H23N5O2. The molecule has 0 radical (unpaired) electrons. The lowest BCUT2D eigenvalue weighted by molar-refractivity contribution is -0.112. The quantitative estimate of drug-likeness (QED) is 0.663. The number of hydrogen-bond donors (Lipinski definition) is 2. The van der Waals surface area contributed by atoms with Gasteiger partial charge in [0.15, 0.2) is 0 Å². The topological polar surface area (TPSA) is 92.8 Å². The number of aromatic nitrogens is 1. The Labute approximate surface area is 175 Å². The van der Waals surface area contributed by atoms with E-state index in [0.717, 1.165) is 28.0 Å². The van der Waals surface area contributed by atoms with Crippen LogP contribution in [0.2, 0.25) is 0 Å². The second-order valence-corrected chi connectivity index (χ2v) is 7.10. The highest BCUT2D eigenvalue weighted by atomic mass is 16.5. The number of hydrogen-bond acceptors (Lipinski definition) is 6. The van der Waals surface area contributed by atoms with Crippen LogP contribution in [0.4, 0.5) is 5.82 Å². The lowest BCUT2D eigenvalue weighted by atomic mass is 10.0. The molecule has 0 fully saturated rings. The molecular weight excluding hydrogens is 378 g/mol. The van der Waals surface area contributed by atoms with Crippen LogP contribution >= 0.6 is 0 Å². The van der Waals surface area contributed by atoms with E-state index in [1.54, 1.807) is 18.3 Å². The van der Waals surface area contributed by atoms with Crippen molar-refractivity contribution < 1.29 is 9.53 Å². The first kappa shape index (κ1) is 19.4. The van der Waals surface area contributed by atoms with E-state index in [9.17, 15) is 4.79 Å². The molecule has 3 aromatic rings. The van der Waals surface area contributed by atoms with Gasteiger partial charge in [0.05, 0.1) is 7.11 Å². The van der Waals surface area contributed by atoms with Crippen molar-refractivity contribution in [1.82, 2.24) is 10.4 Å². The van der Waals surface area contributed by atoms with Crippen molar-refractivity contribution in [2.24, 2.45) is 10.7 Å². The molecule has 0 saturated heterocycles. The number of hydrazine groups is 1. The van der Waals surface area contributed by atoms with Gasteiger partial charge in [-0.25, -0.2) is 15.0 Å². The summed E-state index contributed by atoms with van der Waals surface area (Å²) < 4.78 is 5.54. The van der Waals surface area contributed by atoms with E-state index >= 15 is 0 Å². The highest BCUT2D eigenvalue weighted by Crippen LogP contribution is 2.33. The predicted octanol–water partition coefficient (Wildman–Crippen LogP) is 2.84. The van der Waals surface area contributed by atoms with Crippen molar-refractivity contribution in [3.05, 3.63) is 78.0 Å². The number of methoxy groups -OCH3 is 1. The molecule has 1 aliphatic rings. The van der Waals surface area contributed by atoms with Crippen LogP contribution in [-0.4, -0.2) is 30.0 Å². The van der Waals surface area contributed by atoms with Gasteiger partial charge in [-0.2, -0.15) is 0 Å². The molecule has 152 valence electrons. The highest BCUT2D eigenvalue weighted by molar-refractivity contribution is 6.38. The van der Waals surface area contributed by atoms with Crippen molar-refractivity contribution in [1.29, 1.82) is 0 Å². The maximum Gasteiger partial charge on any atom is 0.285 e. The van der Waals surface area contributed by atoms with E-state index < -0.39 is 5.91 Å². The number of carbonyl (C=O) groups is 1. The zero-order valence-corrected chi connectivity index (χ0v) is 16.9. The van der Waals surface area contributed by atoms with Gasteiger partial charge in [-0.1, -0.05) is 42.0 Å². The second kappa shape index (κ2) is 8.24. The average molecular weight is 401 g/mol. The molecule has 1 atom stereocenters. The maximum absolute atomic E-state index is 11.8. The third-order valence-electron chi connectivity index (χ3n) is 4.96. The first-order valence-corrected chi connectivity index (χ1v) is 9.63. The summed E-state index contributed by atoms with van der Waals surface area (Å²) in [4.78, 5) is 20.7. The number of amidine groups is 1. The van der Waals surface area contributed by atoms with E-state index in [0.29, 0.717) is 12.2 Å². The lowest BCUT2D eigenvalue weighted by Crippen LogP contribution is -2.45.